The van der Waals surface area contributed by atoms with Crippen molar-refractivity contribution in [1.29, 1.82) is 0 Å². The Morgan fingerprint density at radius 3 is 2.83 bits per heavy atom. The monoisotopic (exact) mass is 252 g/mol. The summed E-state index contributed by atoms with van der Waals surface area (Å²) in [5, 5.41) is 3.59. The predicted octanol–water partition coefficient (Wildman–Crippen LogP) is 3.37. The number of rotatable bonds is 10. The molecule has 0 aliphatic heterocycles. The van der Waals surface area contributed by atoms with Crippen LogP contribution in [0, 0.1) is 0 Å². The van der Waals surface area contributed by atoms with E-state index in [1.165, 1.54) is 12.0 Å². The third kappa shape index (κ3) is 5.23. The lowest BCUT2D eigenvalue weighted by molar-refractivity contribution is 0.141. The molecule has 0 aromatic carbocycles. The molecule has 0 fully saturated rings. The minimum atomic E-state index is 0.498. The van der Waals surface area contributed by atoms with E-state index in [9.17, 15) is 0 Å². The molecule has 0 radical (unpaired) electrons. The van der Waals surface area contributed by atoms with Crippen molar-refractivity contribution >= 4 is 0 Å². The zero-order valence-electron chi connectivity index (χ0n) is 12.1. The fraction of sp³-hybridized carbons (Fsp3) is 0.733. The van der Waals surface area contributed by atoms with Gasteiger partial charge in [0, 0.05) is 38.2 Å². The highest BCUT2D eigenvalue weighted by Gasteiger charge is 2.09. The molecule has 1 heterocycles. The van der Waals surface area contributed by atoms with E-state index in [1.807, 2.05) is 6.92 Å². The molecule has 0 bridgehead atoms. The Morgan fingerprint density at radius 2 is 2.17 bits per heavy atom. The summed E-state index contributed by atoms with van der Waals surface area (Å²) in [6.07, 6.45) is 7.86. The smallest absolute Gasteiger partial charge is 0.0482 e. The summed E-state index contributed by atoms with van der Waals surface area (Å²) >= 11 is 0. The van der Waals surface area contributed by atoms with Crippen LogP contribution >= 0.6 is 0 Å². The number of hydrogen-bond acceptors (Lipinski definition) is 2. The first-order valence-electron chi connectivity index (χ1n) is 7.28. The number of ether oxygens (including phenoxy) is 1. The summed E-state index contributed by atoms with van der Waals surface area (Å²) in [5.41, 5.74) is 1.40. The summed E-state index contributed by atoms with van der Waals surface area (Å²) in [6, 6.07) is 2.73. The van der Waals surface area contributed by atoms with Crippen molar-refractivity contribution in [3.05, 3.63) is 24.0 Å². The Morgan fingerprint density at radius 1 is 1.33 bits per heavy atom. The van der Waals surface area contributed by atoms with Crippen LogP contribution in [0.25, 0.3) is 0 Å². The molecule has 1 rings (SSSR count). The van der Waals surface area contributed by atoms with Gasteiger partial charge < -0.3 is 14.6 Å². The zero-order chi connectivity index (χ0) is 13.2. The molecule has 3 nitrogen and oxygen atoms in total. The van der Waals surface area contributed by atoms with Gasteiger partial charge in [-0.3, -0.25) is 0 Å². The van der Waals surface area contributed by atoms with E-state index in [-0.39, 0.29) is 0 Å². The Kier molecular flexibility index (Phi) is 7.78. The lowest BCUT2D eigenvalue weighted by atomic mass is 10.1. The number of aromatic nitrogens is 1. The average Bonchev–Trinajstić information content (AvgIpc) is 2.84. The second-order valence-electron chi connectivity index (χ2n) is 4.65. The van der Waals surface area contributed by atoms with Gasteiger partial charge in [-0.25, -0.2) is 0 Å². The molecular weight excluding hydrogens is 224 g/mol. The highest BCUT2D eigenvalue weighted by Crippen LogP contribution is 2.17. The second kappa shape index (κ2) is 9.17. The Bertz CT molecular complexity index is 309. The largest absolute Gasteiger partial charge is 0.382 e. The normalized spacial score (nSPS) is 12.8. The first kappa shape index (κ1) is 15.3. The predicted molar refractivity (Wildman–Crippen MR) is 76.9 cm³/mol. The van der Waals surface area contributed by atoms with Gasteiger partial charge in [-0.1, -0.05) is 13.8 Å². The molecule has 1 aromatic rings. The van der Waals surface area contributed by atoms with Crippen molar-refractivity contribution in [3.63, 3.8) is 0 Å². The minimum Gasteiger partial charge on any atom is -0.382 e. The van der Waals surface area contributed by atoms with Crippen LogP contribution in [0.4, 0.5) is 0 Å². The SMILES string of the molecule is CCCNC(CC)c1ccn(CCCOCC)c1. The number of nitrogens with zero attached hydrogens (tertiary/aromatic N) is 1. The van der Waals surface area contributed by atoms with Crippen LogP contribution in [0.5, 0.6) is 0 Å². The first-order chi connectivity index (χ1) is 8.81. The van der Waals surface area contributed by atoms with E-state index in [1.54, 1.807) is 0 Å². The molecule has 0 saturated carbocycles. The van der Waals surface area contributed by atoms with E-state index >= 15 is 0 Å². The van der Waals surface area contributed by atoms with E-state index < -0.39 is 0 Å². The molecule has 1 atom stereocenters. The van der Waals surface area contributed by atoms with Crippen molar-refractivity contribution in [3.8, 4) is 0 Å². The number of aryl methyl sites for hydroxylation is 1. The molecule has 1 unspecified atom stereocenters. The van der Waals surface area contributed by atoms with Crippen LogP contribution in [-0.2, 0) is 11.3 Å². The van der Waals surface area contributed by atoms with Gasteiger partial charge in [0.05, 0.1) is 0 Å². The van der Waals surface area contributed by atoms with E-state index in [2.05, 4.69) is 42.2 Å². The molecule has 0 aliphatic carbocycles. The molecule has 0 spiro atoms. The van der Waals surface area contributed by atoms with Gasteiger partial charge in [0.15, 0.2) is 0 Å². The maximum atomic E-state index is 5.36. The summed E-state index contributed by atoms with van der Waals surface area (Å²) in [7, 11) is 0. The Labute approximate surface area is 112 Å². The Hall–Kier alpha value is -0.800. The lowest BCUT2D eigenvalue weighted by Crippen LogP contribution is -2.21. The second-order valence-corrected chi connectivity index (χ2v) is 4.65. The quantitative estimate of drug-likeness (QED) is 0.646. The fourth-order valence-electron chi connectivity index (χ4n) is 2.11. The highest BCUT2D eigenvalue weighted by molar-refractivity contribution is 5.15. The zero-order valence-corrected chi connectivity index (χ0v) is 12.1. The molecule has 1 N–H and O–H groups in total. The standard InChI is InChI=1S/C15H28N2O/c1-4-9-16-15(5-2)14-8-11-17(13-14)10-7-12-18-6-3/h8,11,13,15-16H,4-7,9-10,12H2,1-3H3. The summed E-state index contributed by atoms with van der Waals surface area (Å²) in [4.78, 5) is 0. The summed E-state index contributed by atoms with van der Waals surface area (Å²) in [5.74, 6) is 0. The molecular formula is C15H28N2O. The third-order valence-corrected chi connectivity index (χ3v) is 3.13. The summed E-state index contributed by atoms with van der Waals surface area (Å²) in [6.45, 7) is 10.3. The molecule has 0 saturated heterocycles. The van der Waals surface area contributed by atoms with Crippen molar-refractivity contribution in [2.75, 3.05) is 19.8 Å². The third-order valence-electron chi connectivity index (χ3n) is 3.13. The number of nitrogens with one attached hydrogen (secondary N) is 1. The van der Waals surface area contributed by atoms with E-state index in [0.717, 1.165) is 39.1 Å². The van der Waals surface area contributed by atoms with Gasteiger partial charge in [0.2, 0.25) is 0 Å². The number of hydrogen-bond donors (Lipinski definition) is 1. The fourth-order valence-corrected chi connectivity index (χ4v) is 2.11. The van der Waals surface area contributed by atoms with Gasteiger partial charge in [-0.15, -0.1) is 0 Å². The van der Waals surface area contributed by atoms with Gasteiger partial charge in [0.25, 0.3) is 0 Å². The van der Waals surface area contributed by atoms with Gasteiger partial charge in [-0.2, -0.15) is 0 Å². The van der Waals surface area contributed by atoms with Gasteiger partial charge >= 0.3 is 0 Å². The van der Waals surface area contributed by atoms with Crippen molar-refractivity contribution in [2.24, 2.45) is 0 Å². The van der Waals surface area contributed by atoms with Gasteiger partial charge in [-0.05, 0) is 44.4 Å². The van der Waals surface area contributed by atoms with Crippen LogP contribution in [0.2, 0.25) is 0 Å². The van der Waals surface area contributed by atoms with Crippen LogP contribution in [0.1, 0.15) is 51.6 Å². The van der Waals surface area contributed by atoms with Crippen LogP contribution in [0.3, 0.4) is 0 Å². The minimum absolute atomic E-state index is 0.498. The average molecular weight is 252 g/mol. The maximum absolute atomic E-state index is 5.36. The molecule has 18 heavy (non-hydrogen) atoms. The first-order valence-corrected chi connectivity index (χ1v) is 7.28. The molecule has 0 amide bonds. The van der Waals surface area contributed by atoms with Crippen LogP contribution in [0.15, 0.2) is 18.5 Å². The topological polar surface area (TPSA) is 26.2 Å². The van der Waals surface area contributed by atoms with Crippen molar-refractivity contribution < 1.29 is 4.74 Å². The van der Waals surface area contributed by atoms with Crippen molar-refractivity contribution in [1.82, 2.24) is 9.88 Å². The lowest BCUT2D eigenvalue weighted by Gasteiger charge is -2.15. The molecule has 104 valence electrons. The van der Waals surface area contributed by atoms with Crippen molar-refractivity contribution in [2.45, 2.75) is 52.6 Å². The van der Waals surface area contributed by atoms with E-state index in [0.29, 0.717) is 6.04 Å². The molecule has 1 aromatic heterocycles. The van der Waals surface area contributed by atoms with Gasteiger partial charge in [0.1, 0.15) is 0 Å². The Balaban J connectivity index is 2.40. The highest BCUT2D eigenvalue weighted by atomic mass is 16.5. The summed E-state index contributed by atoms with van der Waals surface area (Å²) < 4.78 is 7.63. The molecule has 3 heteroatoms. The maximum Gasteiger partial charge on any atom is 0.0482 e. The van der Waals surface area contributed by atoms with Crippen LogP contribution in [-0.4, -0.2) is 24.3 Å². The molecule has 0 aliphatic rings. The van der Waals surface area contributed by atoms with E-state index in [4.69, 9.17) is 4.74 Å². The van der Waals surface area contributed by atoms with Crippen LogP contribution < -0.4 is 5.32 Å².